The third kappa shape index (κ3) is 3.01. The Labute approximate surface area is 151 Å². The Morgan fingerprint density at radius 2 is 2.12 bits per heavy atom. The Morgan fingerprint density at radius 1 is 1.35 bits per heavy atom. The maximum atomic E-state index is 12.7. The van der Waals surface area contributed by atoms with Crippen molar-refractivity contribution in [2.24, 2.45) is 0 Å². The fraction of sp³-hybridized carbons (Fsp3) is 0.278. The average molecular weight is 356 g/mol. The van der Waals surface area contributed by atoms with Crippen molar-refractivity contribution in [3.8, 4) is 11.5 Å². The number of hydrogen-bond donors (Lipinski definition) is 1. The number of ether oxygens (including phenoxy) is 3. The molecule has 0 saturated carbocycles. The van der Waals surface area contributed by atoms with Gasteiger partial charge in [-0.3, -0.25) is 0 Å². The number of carbonyl (C=O) groups excluding carboxylic acids is 1. The molecule has 1 aliphatic rings. The first-order valence-electron chi connectivity index (χ1n) is 7.98. The molecule has 1 unspecified atom stereocenters. The molecule has 0 radical (unpaired) electrons. The summed E-state index contributed by atoms with van der Waals surface area (Å²) in [4.78, 5) is 16.9. The molecular weight excluding hydrogens is 336 g/mol. The zero-order valence-corrected chi connectivity index (χ0v) is 14.9. The number of allylic oxidation sites excluding steroid dienone is 1. The number of nitrogens with zero attached hydrogens (tertiary/aromatic N) is 3. The minimum atomic E-state index is -0.508. The van der Waals surface area contributed by atoms with Gasteiger partial charge in [0.25, 0.3) is 0 Å². The standard InChI is InChI=1S/C18H20N4O4/c1-5-8-26-17(23)15-11(2)21-18-19-10-20-22(18)16(15)12-6-7-13(24-3)14(9-12)25-4/h5-7,9-10,16H,1,8H2,2-4H3,(H,19,20,21). The van der Waals surface area contributed by atoms with Crippen LogP contribution in [0.1, 0.15) is 18.5 Å². The van der Waals surface area contributed by atoms with E-state index in [4.69, 9.17) is 14.2 Å². The fourth-order valence-corrected chi connectivity index (χ4v) is 2.90. The normalized spacial score (nSPS) is 15.7. The highest BCUT2D eigenvalue weighted by Gasteiger charge is 2.34. The fourth-order valence-electron chi connectivity index (χ4n) is 2.90. The van der Waals surface area contributed by atoms with E-state index in [0.717, 1.165) is 5.56 Å². The number of esters is 1. The molecule has 0 bridgehead atoms. The minimum Gasteiger partial charge on any atom is -0.493 e. The Morgan fingerprint density at radius 3 is 2.81 bits per heavy atom. The van der Waals surface area contributed by atoms with E-state index in [0.29, 0.717) is 28.7 Å². The highest BCUT2D eigenvalue weighted by Crippen LogP contribution is 2.38. The number of aromatic nitrogens is 3. The summed E-state index contributed by atoms with van der Waals surface area (Å²) in [6, 6.07) is 4.95. The third-order valence-electron chi connectivity index (χ3n) is 4.07. The van der Waals surface area contributed by atoms with E-state index in [-0.39, 0.29) is 6.61 Å². The van der Waals surface area contributed by atoms with Gasteiger partial charge in [0.1, 0.15) is 19.0 Å². The van der Waals surface area contributed by atoms with Gasteiger partial charge >= 0.3 is 5.97 Å². The summed E-state index contributed by atoms with van der Waals surface area (Å²) in [6.45, 7) is 5.50. The van der Waals surface area contributed by atoms with E-state index in [1.807, 2.05) is 12.1 Å². The van der Waals surface area contributed by atoms with Crippen LogP contribution in [0.25, 0.3) is 0 Å². The van der Waals surface area contributed by atoms with Crippen LogP contribution >= 0.6 is 0 Å². The predicted octanol–water partition coefficient (Wildman–Crippen LogP) is 2.31. The van der Waals surface area contributed by atoms with E-state index >= 15 is 0 Å². The Bertz CT molecular complexity index is 872. The van der Waals surface area contributed by atoms with Crippen LogP contribution in [0.3, 0.4) is 0 Å². The molecule has 0 saturated heterocycles. The van der Waals surface area contributed by atoms with Gasteiger partial charge in [-0.15, -0.1) is 0 Å². The third-order valence-corrected chi connectivity index (χ3v) is 4.07. The van der Waals surface area contributed by atoms with Crippen LogP contribution in [0.5, 0.6) is 11.5 Å². The lowest BCUT2D eigenvalue weighted by Gasteiger charge is -2.28. The topological polar surface area (TPSA) is 87.5 Å². The van der Waals surface area contributed by atoms with Gasteiger partial charge in [0.05, 0.1) is 19.8 Å². The zero-order valence-electron chi connectivity index (χ0n) is 14.9. The first-order chi connectivity index (χ1) is 12.6. The molecule has 0 aliphatic carbocycles. The summed E-state index contributed by atoms with van der Waals surface area (Å²) in [5.41, 5.74) is 1.89. The van der Waals surface area contributed by atoms with Gasteiger partial charge < -0.3 is 19.5 Å². The second kappa shape index (κ2) is 7.30. The number of rotatable bonds is 6. The van der Waals surface area contributed by atoms with Gasteiger partial charge in [-0.1, -0.05) is 18.7 Å². The molecule has 1 aromatic heterocycles. The molecular formula is C18H20N4O4. The molecule has 8 nitrogen and oxygen atoms in total. The highest BCUT2D eigenvalue weighted by atomic mass is 16.5. The van der Waals surface area contributed by atoms with E-state index < -0.39 is 12.0 Å². The monoisotopic (exact) mass is 356 g/mol. The molecule has 2 aromatic rings. The van der Waals surface area contributed by atoms with E-state index in [1.165, 1.54) is 12.4 Å². The second-order valence-electron chi connectivity index (χ2n) is 5.60. The lowest BCUT2D eigenvalue weighted by molar-refractivity contribution is -0.138. The van der Waals surface area contributed by atoms with Crippen molar-refractivity contribution in [2.75, 3.05) is 26.1 Å². The summed E-state index contributed by atoms with van der Waals surface area (Å²) in [6.07, 6.45) is 2.96. The van der Waals surface area contributed by atoms with Gasteiger partial charge in [-0.25, -0.2) is 9.48 Å². The van der Waals surface area contributed by atoms with Crippen LogP contribution < -0.4 is 14.8 Å². The molecule has 3 rings (SSSR count). The molecule has 8 heteroatoms. The SMILES string of the molecule is C=CCOC(=O)C1=C(C)Nc2ncnn2C1c1ccc(OC)c(OC)c1. The second-order valence-corrected chi connectivity index (χ2v) is 5.60. The smallest absolute Gasteiger partial charge is 0.338 e. The van der Waals surface area contributed by atoms with Crippen molar-refractivity contribution >= 4 is 11.9 Å². The largest absolute Gasteiger partial charge is 0.493 e. The summed E-state index contributed by atoms with van der Waals surface area (Å²) in [7, 11) is 3.13. The van der Waals surface area contributed by atoms with Crippen LogP contribution in [-0.4, -0.2) is 41.6 Å². The molecule has 0 amide bonds. The summed E-state index contributed by atoms with van der Waals surface area (Å²) >= 11 is 0. The number of anilines is 1. The number of carbonyl (C=O) groups is 1. The number of methoxy groups -OCH3 is 2. The number of nitrogens with one attached hydrogen (secondary N) is 1. The maximum absolute atomic E-state index is 12.7. The average Bonchev–Trinajstić information content (AvgIpc) is 3.12. The first-order valence-corrected chi connectivity index (χ1v) is 7.98. The minimum absolute atomic E-state index is 0.123. The van der Waals surface area contributed by atoms with Crippen molar-refractivity contribution in [3.63, 3.8) is 0 Å². The van der Waals surface area contributed by atoms with Crippen molar-refractivity contribution in [1.82, 2.24) is 14.8 Å². The lowest BCUT2D eigenvalue weighted by atomic mass is 9.95. The van der Waals surface area contributed by atoms with Crippen LogP contribution in [-0.2, 0) is 9.53 Å². The Hall–Kier alpha value is -3.29. The van der Waals surface area contributed by atoms with E-state index in [1.54, 1.807) is 31.9 Å². The van der Waals surface area contributed by atoms with Gasteiger partial charge in [0.2, 0.25) is 5.95 Å². The molecule has 1 aromatic carbocycles. The maximum Gasteiger partial charge on any atom is 0.338 e. The molecule has 2 heterocycles. The molecule has 1 atom stereocenters. The highest BCUT2D eigenvalue weighted by molar-refractivity contribution is 5.92. The lowest BCUT2D eigenvalue weighted by Crippen LogP contribution is -2.29. The molecule has 1 aliphatic heterocycles. The summed E-state index contributed by atoms with van der Waals surface area (Å²) < 4.78 is 17.6. The van der Waals surface area contributed by atoms with Gasteiger partial charge in [0.15, 0.2) is 11.5 Å². The summed E-state index contributed by atoms with van der Waals surface area (Å²) in [5, 5.41) is 7.35. The van der Waals surface area contributed by atoms with Gasteiger partial charge in [-0.05, 0) is 24.6 Å². The molecule has 0 spiro atoms. The van der Waals surface area contributed by atoms with Crippen LogP contribution in [0, 0.1) is 0 Å². The molecule has 136 valence electrons. The Kier molecular flexibility index (Phi) is 4.92. The van der Waals surface area contributed by atoms with Crippen LogP contribution in [0.2, 0.25) is 0 Å². The predicted molar refractivity (Wildman–Crippen MR) is 95.2 cm³/mol. The molecule has 1 N–H and O–H groups in total. The van der Waals surface area contributed by atoms with Crippen molar-refractivity contribution in [2.45, 2.75) is 13.0 Å². The van der Waals surface area contributed by atoms with Crippen molar-refractivity contribution < 1.29 is 19.0 Å². The van der Waals surface area contributed by atoms with Crippen LogP contribution in [0.4, 0.5) is 5.95 Å². The quantitative estimate of drug-likeness (QED) is 0.628. The van der Waals surface area contributed by atoms with Crippen molar-refractivity contribution in [3.05, 3.63) is 54.0 Å². The first kappa shape index (κ1) is 17.5. The van der Waals surface area contributed by atoms with E-state index in [9.17, 15) is 4.79 Å². The zero-order chi connectivity index (χ0) is 18.7. The van der Waals surface area contributed by atoms with E-state index in [2.05, 4.69) is 22.0 Å². The Balaban J connectivity index is 2.12. The summed E-state index contributed by atoms with van der Waals surface area (Å²) in [5.74, 6) is 1.25. The molecule has 0 fully saturated rings. The van der Waals surface area contributed by atoms with Gasteiger partial charge in [0, 0.05) is 5.70 Å². The number of fused-ring (bicyclic) bond motifs is 1. The molecule has 26 heavy (non-hydrogen) atoms. The number of hydrogen-bond acceptors (Lipinski definition) is 7. The number of benzene rings is 1. The van der Waals surface area contributed by atoms with Crippen LogP contribution in [0.15, 0.2) is 48.5 Å². The van der Waals surface area contributed by atoms with Gasteiger partial charge in [-0.2, -0.15) is 10.1 Å². The van der Waals surface area contributed by atoms with Crippen molar-refractivity contribution in [1.29, 1.82) is 0 Å².